The summed E-state index contributed by atoms with van der Waals surface area (Å²) < 4.78 is 5.71. The summed E-state index contributed by atoms with van der Waals surface area (Å²) in [6, 6.07) is 20.7. The summed E-state index contributed by atoms with van der Waals surface area (Å²) in [4.78, 5) is 4.26. The molecule has 20 heavy (non-hydrogen) atoms. The Balaban J connectivity index is 0.00000120. The van der Waals surface area contributed by atoms with Crippen LogP contribution in [0.5, 0.6) is 0 Å². The van der Waals surface area contributed by atoms with Gasteiger partial charge < -0.3 is 19.3 Å². The van der Waals surface area contributed by atoms with Crippen LogP contribution in [-0.2, 0) is 20.1 Å². The fraction of sp³-hybridized carbons (Fsp3) is 0. The first-order valence-corrected chi connectivity index (χ1v) is 5.42. The number of nitrogens with zero attached hydrogens (tertiary/aromatic N) is 1. The second-order valence-electron chi connectivity index (χ2n) is 3.67. The van der Waals surface area contributed by atoms with Crippen LogP contribution in [0.25, 0.3) is 22.8 Å². The summed E-state index contributed by atoms with van der Waals surface area (Å²) in [7, 11) is 0. The van der Waals surface area contributed by atoms with Crippen molar-refractivity contribution in [3.8, 4) is 22.8 Å². The van der Waals surface area contributed by atoms with E-state index in [1.54, 1.807) is 6.20 Å². The maximum absolute atomic E-state index is 5.71. The molecular formula is C17H16IrNO. The molecule has 2 nitrogen and oxygen atoms in total. The SMILES string of the molecule is [CH3-].[CH3-].[Ir+3].[c-]1ccccc1-c1ncc(-c2ccccc2)o1. The van der Waals surface area contributed by atoms with Crippen LogP contribution < -0.4 is 0 Å². The topological polar surface area (TPSA) is 26.0 Å². The van der Waals surface area contributed by atoms with E-state index in [4.69, 9.17) is 4.42 Å². The molecule has 3 heteroatoms. The van der Waals surface area contributed by atoms with Crippen LogP contribution in [-0.4, -0.2) is 4.98 Å². The quantitative estimate of drug-likeness (QED) is 0.538. The van der Waals surface area contributed by atoms with Crippen molar-refractivity contribution in [1.29, 1.82) is 0 Å². The molecule has 3 rings (SSSR count). The Morgan fingerprint density at radius 2 is 1.60 bits per heavy atom. The molecule has 0 aliphatic heterocycles. The first-order valence-electron chi connectivity index (χ1n) is 5.42. The van der Waals surface area contributed by atoms with Crippen LogP contribution in [0, 0.1) is 20.9 Å². The number of hydrogen-bond donors (Lipinski definition) is 0. The molecule has 0 N–H and O–H groups in total. The van der Waals surface area contributed by atoms with E-state index in [2.05, 4.69) is 11.1 Å². The monoisotopic (exact) mass is 443 g/mol. The number of aromatic nitrogens is 1. The van der Waals surface area contributed by atoms with Crippen molar-refractivity contribution in [2.45, 2.75) is 0 Å². The third-order valence-corrected chi connectivity index (χ3v) is 2.50. The number of hydrogen-bond acceptors (Lipinski definition) is 2. The van der Waals surface area contributed by atoms with Crippen molar-refractivity contribution in [2.75, 3.05) is 0 Å². The maximum atomic E-state index is 5.71. The zero-order valence-corrected chi connectivity index (χ0v) is 13.9. The van der Waals surface area contributed by atoms with Crippen molar-refractivity contribution in [3.05, 3.63) is 81.7 Å². The second-order valence-corrected chi connectivity index (χ2v) is 3.67. The summed E-state index contributed by atoms with van der Waals surface area (Å²) in [6.07, 6.45) is 1.74. The molecule has 0 saturated carbocycles. The largest absolute Gasteiger partial charge is 3.00 e. The average molecular weight is 443 g/mol. The van der Waals surface area contributed by atoms with Gasteiger partial charge >= 0.3 is 20.1 Å². The molecule has 0 spiro atoms. The molecule has 0 bridgehead atoms. The van der Waals surface area contributed by atoms with Crippen LogP contribution in [0.15, 0.2) is 65.2 Å². The third kappa shape index (κ3) is 3.89. The van der Waals surface area contributed by atoms with E-state index in [0.29, 0.717) is 5.89 Å². The van der Waals surface area contributed by atoms with Gasteiger partial charge in [0, 0.05) is 5.56 Å². The van der Waals surface area contributed by atoms with Gasteiger partial charge in [0.05, 0.1) is 6.20 Å². The van der Waals surface area contributed by atoms with E-state index in [9.17, 15) is 0 Å². The van der Waals surface area contributed by atoms with Gasteiger partial charge in [-0.05, 0) is 0 Å². The molecule has 1 heterocycles. The van der Waals surface area contributed by atoms with Crippen LogP contribution in [0.3, 0.4) is 0 Å². The van der Waals surface area contributed by atoms with E-state index in [1.165, 1.54) is 0 Å². The summed E-state index contributed by atoms with van der Waals surface area (Å²) in [5.74, 6) is 1.38. The third-order valence-electron chi connectivity index (χ3n) is 2.50. The molecule has 1 aromatic heterocycles. The Labute approximate surface area is 134 Å². The standard InChI is InChI=1S/C15H10NO.2CH3.Ir/c1-3-7-12(8-4-1)14-11-16-15(17-14)13-9-5-2-6-10-13;;;/h1-9,11H;2*1H3;/q3*-1;+3. The Morgan fingerprint density at radius 1 is 0.900 bits per heavy atom. The molecule has 0 saturated heterocycles. The molecule has 0 fully saturated rings. The number of oxazole rings is 1. The Morgan fingerprint density at radius 3 is 2.25 bits per heavy atom. The van der Waals surface area contributed by atoms with Gasteiger partial charge in [-0.3, -0.25) is 4.98 Å². The number of benzene rings is 2. The fourth-order valence-corrected chi connectivity index (χ4v) is 1.66. The van der Waals surface area contributed by atoms with Crippen molar-refractivity contribution < 1.29 is 24.5 Å². The summed E-state index contributed by atoms with van der Waals surface area (Å²) in [5.41, 5.74) is 1.90. The molecule has 0 aliphatic rings. The van der Waals surface area contributed by atoms with Gasteiger partial charge in [0.1, 0.15) is 11.7 Å². The summed E-state index contributed by atoms with van der Waals surface area (Å²) in [6.45, 7) is 0. The van der Waals surface area contributed by atoms with Gasteiger partial charge in [-0.2, -0.15) is 0 Å². The zero-order chi connectivity index (χ0) is 11.5. The van der Waals surface area contributed by atoms with Crippen LogP contribution in [0.1, 0.15) is 0 Å². The fourth-order valence-electron chi connectivity index (χ4n) is 1.66. The Bertz CT molecular complexity index is 551. The first-order chi connectivity index (χ1) is 8.43. The van der Waals surface area contributed by atoms with Gasteiger partial charge in [0.2, 0.25) is 0 Å². The van der Waals surface area contributed by atoms with Crippen molar-refractivity contribution in [1.82, 2.24) is 4.98 Å². The Kier molecular flexibility index (Phi) is 7.75. The molecule has 104 valence electrons. The van der Waals surface area contributed by atoms with Gasteiger partial charge in [0.15, 0.2) is 0 Å². The predicted molar refractivity (Wildman–Crippen MR) is 79.0 cm³/mol. The second kappa shape index (κ2) is 8.47. The number of rotatable bonds is 2. The molecule has 0 aliphatic carbocycles. The van der Waals surface area contributed by atoms with E-state index < -0.39 is 0 Å². The summed E-state index contributed by atoms with van der Waals surface area (Å²) >= 11 is 0. The minimum Gasteiger partial charge on any atom is -0.481 e. The zero-order valence-electron chi connectivity index (χ0n) is 11.5. The molecular weight excluding hydrogens is 426 g/mol. The van der Waals surface area contributed by atoms with E-state index in [1.807, 2.05) is 54.6 Å². The van der Waals surface area contributed by atoms with Gasteiger partial charge in [-0.1, -0.05) is 35.9 Å². The molecule has 2 aromatic carbocycles. The summed E-state index contributed by atoms with van der Waals surface area (Å²) in [5, 5.41) is 0. The maximum Gasteiger partial charge on any atom is 3.00 e. The predicted octanol–water partition coefficient (Wildman–Crippen LogP) is 4.71. The van der Waals surface area contributed by atoms with Crippen molar-refractivity contribution >= 4 is 0 Å². The minimum atomic E-state index is 0. The van der Waals surface area contributed by atoms with Gasteiger partial charge in [0.25, 0.3) is 0 Å². The molecule has 3 aromatic rings. The first kappa shape index (κ1) is 18.3. The van der Waals surface area contributed by atoms with Gasteiger partial charge in [-0.15, -0.1) is 30.3 Å². The molecule has 0 radical (unpaired) electrons. The van der Waals surface area contributed by atoms with Gasteiger partial charge in [-0.25, -0.2) is 0 Å². The van der Waals surface area contributed by atoms with Crippen LogP contribution in [0.2, 0.25) is 0 Å². The van der Waals surface area contributed by atoms with Crippen LogP contribution >= 0.6 is 0 Å². The molecule has 0 atom stereocenters. The average Bonchev–Trinajstić information content (AvgIpc) is 2.90. The van der Waals surface area contributed by atoms with Crippen molar-refractivity contribution in [3.63, 3.8) is 0 Å². The smallest absolute Gasteiger partial charge is 0.481 e. The van der Waals surface area contributed by atoms with Crippen LogP contribution in [0.4, 0.5) is 0 Å². The molecule has 0 amide bonds. The van der Waals surface area contributed by atoms with Crippen molar-refractivity contribution in [2.24, 2.45) is 0 Å². The molecule has 0 unspecified atom stereocenters. The normalized spacial score (nSPS) is 8.80. The van der Waals surface area contributed by atoms with E-state index in [0.717, 1.165) is 16.9 Å². The Hall–Kier alpha value is -1.70. The van der Waals surface area contributed by atoms with E-state index >= 15 is 0 Å². The minimum absolute atomic E-state index is 0. The van der Waals surface area contributed by atoms with E-state index in [-0.39, 0.29) is 35.0 Å².